The molecule has 196 valence electrons. The van der Waals surface area contributed by atoms with E-state index in [9.17, 15) is 18.0 Å². The summed E-state index contributed by atoms with van der Waals surface area (Å²) in [5, 5.41) is 9.18. The number of nitriles is 1. The van der Waals surface area contributed by atoms with Crippen LogP contribution in [0.5, 0.6) is 5.75 Å². The Balaban J connectivity index is 1.37. The van der Waals surface area contributed by atoms with Gasteiger partial charge in [-0.25, -0.2) is 4.31 Å². The second kappa shape index (κ2) is 10.9. The zero-order chi connectivity index (χ0) is 26.8. The number of halogens is 3. The predicted octanol–water partition coefficient (Wildman–Crippen LogP) is 5.86. The molecule has 2 saturated heterocycles. The van der Waals surface area contributed by atoms with Crippen LogP contribution in [0.15, 0.2) is 47.4 Å². The molecular weight excluding hydrogens is 521 g/mol. The number of thiocarbonyl (C=S) groups is 1. The van der Waals surface area contributed by atoms with Gasteiger partial charge in [-0.2, -0.15) is 18.4 Å². The van der Waals surface area contributed by atoms with Gasteiger partial charge in [0.05, 0.1) is 29.5 Å². The van der Waals surface area contributed by atoms with Crippen LogP contribution in [0.25, 0.3) is 0 Å². The van der Waals surface area contributed by atoms with Crippen molar-refractivity contribution in [2.75, 3.05) is 31.1 Å². The second-order valence-corrected chi connectivity index (χ2v) is 10.9. The number of amides is 1. The number of hydrogen-bond acceptors (Lipinski definition) is 6. The molecule has 4 rings (SSSR count). The summed E-state index contributed by atoms with van der Waals surface area (Å²) in [4.78, 5) is 17.2. The van der Waals surface area contributed by atoms with Gasteiger partial charge < -0.3 is 9.64 Å². The average molecular weight is 549 g/mol. The van der Waals surface area contributed by atoms with Crippen molar-refractivity contribution in [3.05, 3.63) is 53.6 Å². The Morgan fingerprint density at radius 1 is 1.14 bits per heavy atom. The van der Waals surface area contributed by atoms with Crippen LogP contribution in [0, 0.1) is 11.3 Å². The third kappa shape index (κ3) is 5.87. The first kappa shape index (κ1) is 27.2. The molecule has 0 unspecified atom stereocenters. The van der Waals surface area contributed by atoms with Crippen molar-refractivity contribution in [1.29, 1.82) is 5.26 Å². The molecule has 0 atom stereocenters. The second-order valence-electron chi connectivity index (χ2n) is 9.37. The largest absolute Gasteiger partial charge is 0.494 e. The van der Waals surface area contributed by atoms with E-state index in [0.29, 0.717) is 19.6 Å². The smallest absolute Gasteiger partial charge is 0.417 e. The van der Waals surface area contributed by atoms with Crippen LogP contribution in [-0.4, -0.2) is 52.0 Å². The minimum Gasteiger partial charge on any atom is -0.494 e. The molecule has 0 aromatic heterocycles. The summed E-state index contributed by atoms with van der Waals surface area (Å²) in [5.41, 5.74) is -2.67. The Hall–Kier alpha value is -2.81. The van der Waals surface area contributed by atoms with Gasteiger partial charge in [-0.3, -0.25) is 9.69 Å². The molecule has 0 spiro atoms. The Morgan fingerprint density at radius 3 is 2.43 bits per heavy atom. The maximum atomic E-state index is 13.5. The summed E-state index contributed by atoms with van der Waals surface area (Å²) in [5.74, 6) is 0.311. The van der Waals surface area contributed by atoms with Gasteiger partial charge in [-0.15, -0.1) is 0 Å². The van der Waals surface area contributed by atoms with Gasteiger partial charge in [0, 0.05) is 24.5 Å². The number of carbonyl (C=O) groups excluding carboxylic acids is 1. The fourth-order valence-electron chi connectivity index (χ4n) is 4.38. The number of benzene rings is 2. The fourth-order valence-corrected chi connectivity index (χ4v) is 5.88. The normalized spacial score (nSPS) is 17.9. The van der Waals surface area contributed by atoms with Crippen LogP contribution < -0.4 is 9.64 Å². The van der Waals surface area contributed by atoms with Crippen LogP contribution in [0.4, 0.5) is 18.9 Å². The van der Waals surface area contributed by atoms with Gasteiger partial charge in [-0.05, 0) is 99.7 Å². The lowest BCUT2D eigenvalue weighted by atomic mass is 10.0. The van der Waals surface area contributed by atoms with Crippen molar-refractivity contribution in [2.24, 2.45) is 0 Å². The van der Waals surface area contributed by atoms with E-state index in [1.54, 1.807) is 36.8 Å². The standard InChI is InChI=1S/C26H27F3N4O2S2/c1-25(2)23(34)33(19-7-6-18(17-30)22(16-19)26(27,28)29)24(36)32(25)14-5-15-35-20-8-10-21(11-9-20)37-31-12-3-4-13-31/h6-11,16H,3-5,12-15H2,1-2H3. The molecule has 2 aliphatic heterocycles. The van der Waals surface area contributed by atoms with E-state index in [1.807, 2.05) is 24.3 Å². The zero-order valence-electron chi connectivity index (χ0n) is 20.5. The molecule has 37 heavy (non-hydrogen) atoms. The number of anilines is 1. The number of carbonyl (C=O) groups is 1. The van der Waals surface area contributed by atoms with E-state index in [0.717, 1.165) is 40.8 Å². The highest BCUT2D eigenvalue weighted by atomic mass is 32.2. The van der Waals surface area contributed by atoms with Crippen LogP contribution >= 0.6 is 24.2 Å². The monoisotopic (exact) mass is 548 g/mol. The summed E-state index contributed by atoms with van der Waals surface area (Å²) in [7, 11) is 0. The number of ether oxygens (including phenoxy) is 1. The minimum absolute atomic E-state index is 0.0139. The molecule has 0 bridgehead atoms. The maximum absolute atomic E-state index is 13.5. The van der Waals surface area contributed by atoms with Crippen LogP contribution in [0.2, 0.25) is 0 Å². The molecule has 0 saturated carbocycles. The number of nitrogens with zero attached hydrogens (tertiary/aromatic N) is 4. The van der Waals surface area contributed by atoms with Crippen LogP contribution in [-0.2, 0) is 11.0 Å². The molecule has 2 aromatic carbocycles. The number of hydrogen-bond donors (Lipinski definition) is 0. The topological polar surface area (TPSA) is 59.8 Å². The first-order valence-electron chi connectivity index (χ1n) is 12.0. The molecule has 2 aliphatic rings. The molecule has 2 heterocycles. The van der Waals surface area contributed by atoms with Crippen molar-refractivity contribution in [1.82, 2.24) is 9.21 Å². The van der Waals surface area contributed by atoms with E-state index in [4.69, 9.17) is 22.2 Å². The molecule has 2 fully saturated rings. The number of alkyl halides is 3. The van der Waals surface area contributed by atoms with Crippen molar-refractivity contribution in [3.63, 3.8) is 0 Å². The summed E-state index contributed by atoms with van der Waals surface area (Å²) < 4.78 is 48.6. The van der Waals surface area contributed by atoms with Crippen LogP contribution in [0.3, 0.4) is 0 Å². The average Bonchev–Trinajstić information content (AvgIpc) is 3.42. The third-order valence-corrected chi connectivity index (χ3v) is 7.94. The van der Waals surface area contributed by atoms with Crippen molar-refractivity contribution >= 4 is 40.9 Å². The molecular formula is C26H27F3N4O2S2. The zero-order valence-corrected chi connectivity index (χ0v) is 22.2. The summed E-state index contributed by atoms with van der Waals surface area (Å²) >= 11 is 7.27. The highest BCUT2D eigenvalue weighted by Gasteiger charge is 2.49. The summed E-state index contributed by atoms with van der Waals surface area (Å²) in [6, 6.07) is 12.6. The Morgan fingerprint density at radius 2 is 1.81 bits per heavy atom. The van der Waals surface area contributed by atoms with Gasteiger partial charge in [0.2, 0.25) is 0 Å². The van der Waals surface area contributed by atoms with E-state index >= 15 is 0 Å². The van der Waals surface area contributed by atoms with Gasteiger partial charge in [0.15, 0.2) is 5.11 Å². The first-order chi connectivity index (χ1) is 17.5. The lowest BCUT2D eigenvalue weighted by Gasteiger charge is -2.29. The highest BCUT2D eigenvalue weighted by molar-refractivity contribution is 7.97. The Kier molecular flexibility index (Phi) is 8.02. The lowest BCUT2D eigenvalue weighted by molar-refractivity contribution is -0.137. The summed E-state index contributed by atoms with van der Waals surface area (Å²) in [6.45, 7) is 6.36. The quantitative estimate of drug-likeness (QED) is 0.233. The van der Waals surface area contributed by atoms with E-state index in [1.165, 1.54) is 18.9 Å². The maximum Gasteiger partial charge on any atom is 0.417 e. The molecule has 0 aliphatic carbocycles. The van der Waals surface area contributed by atoms with Gasteiger partial charge >= 0.3 is 6.18 Å². The Labute approximate surface area is 224 Å². The fraction of sp³-hybridized carbons (Fsp3) is 0.423. The molecule has 0 N–H and O–H groups in total. The Bertz CT molecular complexity index is 1210. The van der Waals surface area contributed by atoms with E-state index in [-0.39, 0.29) is 10.8 Å². The molecule has 0 radical (unpaired) electrons. The van der Waals surface area contributed by atoms with Crippen LogP contribution in [0.1, 0.15) is 44.2 Å². The molecule has 6 nitrogen and oxygen atoms in total. The molecule has 1 amide bonds. The number of rotatable bonds is 8. The molecule has 11 heteroatoms. The van der Waals surface area contributed by atoms with Gasteiger partial charge in [0.1, 0.15) is 11.3 Å². The van der Waals surface area contributed by atoms with E-state index in [2.05, 4.69) is 4.31 Å². The predicted molar refractivity (Wildman–Crippen MR) is 140 cm³/mol. The lowest BCUT2D eigenvalue weighted by Crippen LogP contribution is -2.44. The molecule has 2 aromatic rings. The third-order valence-electron chi connectivity index (χ3n) is 6.43. The summed E-state index contributed by atoms with van der Waals surface area (Å²) in [6.07, 6.45) is -1.72. The SMILES string of the molecule is CC1(C)C(=O)N(c2ccc(C#N)c(C(F)(F)F)c2)C(=S)N1CCCOc1ccc(SN2CCCC2)cc1. The van der Waals surface area contributed by atoms with Crippen molar-refractivity contribution in [3.8, 4) is 11.8 Å². The van der Waals surface area contributed by atoms with Gasteiger partial charge in [-0.1, -0.05) is 0 Å². The van der Waals surface area contributed by atoms with Gasteiger partial charge in [0.25, 0.3) is 5.91 Å². The highest BCUT2D eigenvalue weighted by Crippen LogP contribution is 2.38. The minimum atomic E-state index is -4.73. The van der Waals surface area contributed by atoms with E-state index < -0.39 is 28.7 Å². The van der Waals surface area contributed by atoms with Crippen molar-refractivity contribution in [2.45, 2.75) is 49.7 Å². The first-order valence-corrected chi connectivity index (χ1v) is 13.1. The van der Waals surface area contributed by atoms with Crippen molar-refractivity contribution < 1.29 is 22.7 Å².